The maximum absolute atomic E-state index is 9.89. The van der Waals surface area contributed by atoms with Gasteiger partial charge in [-0.1, -0.05) is 32.1 Å². The van der Waals surface area contributed by atoms with Gasteiger partial charge in [-0.3, -0.25) is 0 Å². The molecule has 0 aromatic carbocycles. The van der Waals surface area contributed by atoms with E-state index >= 15 is 0 Å². The Kier molecular flexibility index (Phi) is 4.62. The quantitative estimate of drug-likeness (QED) is 0.709. The Labute approximate surface area is 98.4 Å². The van der Waals surface area contributed by atoms with Crippen LogP contribution in [-0.4, -0.2) is 29.5 Å². The number of hydrogen-bond donors (Lipinski definition) is 2. The molecule has 3 heteroatoms. The fraction of sp³-hybridized carbons (Fsp3) is 1.00. The van der Waals surface area contributed by atoms with Gasteiger partial charge in [-0.2, -0.15) is 0 Å². The van der Waals surface area contributed by atoms with Gasteiger partial charge in [0.1, 0.15) is 0 Å². The van der Waals surface area contributed by atoms with Gasteiger partial charge < -0.3 is 15.6 Å². The SMILES string of the molecule is NC1CCCCCC1OC1CCCCC1O. The molecule has 2 saturated carbocycles. The van der Waals surface area contributed by atoms with Gasteiger partial charge in [0.15, 0.2) is 0 Å². The second kappa shape index (κ2) is 5.99. The van der Waals surface area contributed by atoms with Gasteiger partial charge >= 0.3 is 0 Å². The first-order chi connectivity index (χ1) is 7.77. The molecule has 2 fully saturated rings. The van der Waals surface area contributed by atoms with Crippen LogP contribution in [0.1, 0.15) is 57.8 Å². The maximum atomic E-state index is 9.89. The molecule has 0 spiro atoms. The molecule has 94 valence electrons. The van der Waals surface area contributed by atoms with Gasteiger partial charge in [0.25, 0.3) is 0 Å². The average molecular weight is 227 g/mol. The fourth-order valence-electron chi connectivity index (χ4n) is 2.93. The smallest absolute Gasteiger partial charge is 0.0838 e. The zero-order valence-corrected chi connectivity index (χ0v) is 10.1. The number of aliphatic hydroxyl groups excluding tert-OH is 1. The van der Waals surface area contributed by atoms with E-state index in [4.69, 9.17) is 10.5 Å². The highest BCUT2D eigenvalue weighted by molar-refractivity contribution is 4.82. The molecule has 4 unspecified atom stereocenters. The number of nitrogens with two attached hydrogens (primary N) is 1. The van der Waals surface area contributed by atoms with Crippen molar-refractivity contribution in [1.82, 2.24) is 0 Å². The summed E-state index contributed by atoms with van der Waals surface area (Å²) in [5, 5.41) is 9.89. The lowest BCUT2D eigenvalue weighted by atomic mass is 9.94. The molecular formula is C13H25NO2. The van der Waals surface area contributed by atoms with E-state index in [1.165, 1.54) is 25.7 Å². The molecule has 2 aliphatic carbocycles. The van der Waals surface area contributed by atoms with Crippen LogP contribution in [0.4, 0.5) is 0 Å². The van der Waals surface area contributed by atoms with Crippen molar-refractivity contribution in [2.45, 2.75) is 82.1 Å². The highest BCUT2D eigenvalue weighted by atomic mass is 16.5. The molecule has 0 bridgehead atoms. The first-order valence-corrected chi connectivity index (χ1v) is 6.86. The Morgan fingerprint density at radius 1 is 0.812 bits per heavy atom. The highest BCUT2D eigenvalue weighted by Gasteiger charge is 2.29. The van der Waals surface area contributed by atoms with E-state index in [2.05, 4.69) is 0 Å². The molecule has 0 aromatic rings. The van der Waals surface area contributed by atoms with Crippen molar-refractivity contribution in [3.8, 4) is 0 Å². The first kappa shape index (κ1) is 12.3. The molecule has 0 saturated heterocycles. The molecule has 16 heavy (non-hydrogen) atoms. The van der Waals surface area contributed by atoms with Crippen molar-refractivity contribution in [2.75, 3.05) is 0 Å². The molecule has 2 aliphatic rings. The summed E-state index contributed by atoms with van der Waals surface area (Å²) in [5.74, 6) is 0. The van der Waals surface area contributed by atoms with Crippen molar-refractivity contribution >= 4 is 0 Å². The molecule has 3 N–H and O–H groups in total. The van der Waals surface area contributed by atoms with Gasteiger partial charge in [-0.15, -0.1) is 0 Å². The van der Waals surface area contributed by atoms with Crippen molar-refractivity contribution in [3.63, 3.8) is 0 Å². The van der Waals surface area contributed by atoms with E-state index in [9.17, 15) is 5.11 Å². The van der Waals surface area contributed by atoms with E-state index in [1.54, 1.807) is 0 Å². The van der Waals surface area contributed by atoms with Gasteiger partial charge in [-0.05, 0) is 25.7 Å². The van der Waals surface area contributed by atoms with E-state index in [1.807, 2.05) is 0 Å². The van der Waals surface area contributed by atoms with Crippen molar-refractivity contribution < 1.29 is 9.84 Å². The Morgan fingerprint density at radius 2 is 1.44 bits per heavy atom. The number of hydrogen-bond acceptors (Lipinski definition) is 3. The van der Waals surface area contributed by atoms with Gasteiger partial charge in [-0.25, -0.2) is 0 Å². The molecular weight excluding hydrogens is 202 g/mol. The normalized spacial score (nSPS) is 41.6. The lowest BCUT2D eigenvalue weighted by molar-refractivity contribution is -0.102. The van der Waals surface area contributed by atoms with Crippen LogP contribution in [0.5, 0.6) is 0 Å². The van der Waals surface area contributed by atoms with Crippen LogP contribution < -0.4 is 5.73 Å². The van der Waals surface area contributed by atoms with Gasteiger partial charge in [0, 0.05) is 6.04 Å². The van der Waals surface area contributed by atoms with Crippen molar-refractivity contribution in [1.29, 1.82) is 0 Å². The van der Waals surface area contributed by atoms with Crippen LogP contribution in [0.3, 0.4) is 0 Å². The summed E-state index contributed by atoms with van der Waals surface area (Å²) in [6, 6.07) is 0.177. The average Bonchev–Trinajstić information content (AvgIpc) is 2.48. The van der Waals surface area contributed by atoms with E-state index in [0.717, 1.165) is 32.1 Å². The molecule has 0 amide bonds. The zero-order chi connectivity index (χ0) is 11.4. The Bertz CT molecular complexity index is 210. The summed E-state index contributed by atoms with van der Waals surface area (Å²) in [4.78, 5) is 0. The van der Waals surface area contributed by atoms with Crippen LogP contribution in [0.25, 0.3) is 0 Å². The van der Waals surface area contributed by atoms with Crippen molar-refractivity contribution in [2.24, 2.45) is 5.73 Å². The zero-order valence-electron chi connectivity index (χ0n) is 10.1. The summed E-state index contributed by atoms with van der Waals surface area (Å²) in [6.45, 7) is 0. The molecule has 0 heterocycles. The maximum Gasteiger partial charge on any atom is 0.0838 e. The Balaban J connectivity index is 1.86. The summed E-state index contributed by atoms with van der Waals surface area (Å²) in [5.41, 5.74) is 6.13. The third-order valence-electron chi connectivity index (χ3n) is 4.02. The standard InChI is InChI=1S/C13H25NO2/c14-10-6-2-1-3-8-12(10)16-13-9-5-4-7-11(13)15/h10-13,15H,1-9,14H2. The topological polar surface area (TPSA) is 55.5 Å². The minimum absolute atomic E-state index is 0.0444. The minimum Gasteiger partial charge on any atom is -0.390 e. The van der Waals surface area contributed by atoms with Crippen LogP contribution in [-0.2, 0) is 4.74 Å². The number of ether oxygens (including phenoxy) is 1. The Morgan fingerprint density at radius 3 is 2.25 bits per heavy atom. The predicted molar refractivity (Wildman–Crippen MR) is 64.2 cm³/mol. The third kappa shape index (κ3) is 3.19. The van der Waals surface area contributed by atoms with Crippen molar-refractivity contribution in [3.05, 3.63) is 0 Å². The second-order valence-corrected chi connectivity index (χ2v) is 5.37. The number of aliphatic hydroxyl groups is 1. The molecule has 3 nitrogen and oxygen atoms in total. The lowest BCUT2D eigenvalue weighted by Gasteiger charge is -2.33. The summed E-state index contributed by atoms with van der Waals surface area (Å²) in [7, 11) is 0. The van der Waals surface area contributed by atoms with Gasteiger partial charge in [0.05, 0.1) is 18.3 Å². The van der Waals surface area contributed by atoms with E-state index in [-0.39, 0.29) is 24.4 Å². The first-order valence-electron chi connectivity index (χ1n) is 6.86. The molecule has 2 rings (SSSR count). The van der Waals surface area contributed by atoms with Crippen LogP contribution >= 0.6 is 0 Å². The molecule has 4 atom stereocenters. The lowest BCUT2D eigenvalue weighted by Crippen LogP contribution is -2.42. The summed E-state index contributed by atoms with van der Waals surface area (Å²) in [6.07, 6.45) is 10.1. The predicted octanol–water partition coefficient (Wildman–Crippen LogP) is 1.97. The van der Waals surface area contributed by atoms with Gasteiger partial charge in [0.2, 0.25) is 0 Å². The third-order valence-corrected chi connectivity index (χ3v) is 4.02. The molecule has 0 aromatic heterocycles. The second-order valence-electron chi connectivity index (χ2n) is 5.37. The minimum atomic E-state index is -0.260. The Hall–Kier alpha value is -0.120. The van der Waals surface area contributed by atoms with E-state index < -0.39 is 0 Å². The summed E-state index contributed by atoms with van der Waals surface area (Å²) >= 11 is 0. The monoisotopic (exact) mass is 227 g/mol. The highest BCUT2D eigenvalue weighted by Crippen LogP contribution is 2.26. The molecule has 0 radical (unpaired) electrons. The fourth-order valence-corrected chi connectivity index (χ4v) is 2.93. The van der Waals surface area contributed by atoms with Crippen LogP contribution in [0.2, 0.25) is 0 Å². The number of rotatable bonds is 2. The largest absolute Gasteiger partial charge is 0.390 e. The molecule has 0 aliphatic heterocycles. The van der Waals surface area contributed by atoms with Crippen LogP contribution in [0.15, 0.2) is 0 Å². The van der Waals surface area contributed by atoms with E-state index in [0.29, 0.717) is 0 Å². The van der Waals surface area contributed by atoms with Crippen LogP contribution in [0, 0.1) is 0 Å². The summed E-state index contributed by atoms with van der Waals surface area (Å²) < 4.78 is 6.06.